The van der Waals surface area contributed by atoms with Crippen LogP contribution in [0.1, 0.15) is 56.6 Å². The average Bonchev–Trinajstić information content (AvgIpc) is 2.84. The number of amides is 1. The molecule has 0 aliphatic carbocycles. The minimum atomic E-state index is -0.190. The van der Waals surface area contributed by atoms with Crippen LogP contribution in [0.2, 0.25) is 5.02 Å². The normalized spacial score (nSPS) is 11.1. The lowest BCUT2D eigenvalue weighted by Gasteiger charge is -2.13. The van der Waals surface area contributed by atoms with Crippen LogP contribution in [0, 0.1) is 0 Å². The van der Waals surface area contributed by atoms with Gasteiger partial charge in [0.05, 0.1) is 31.4 Å². The Morgan fingerprint density at radius 3 is 2.62 bits per heavy atom. The predicted molar refractivity (Wildman–Crippen MR) is 140 cm³/mol. The lowest BCUT2D eigenvalue weighted by molar-refractivity contribution is -0.120. The molecule has 0 saturated heterocycles. The van der Waals surface area contributed by atoms with Crippen molar-refractivity contribution in [1.29, 1.82) is 0 Å². The summed E-state index contributed by atoms with van der Waals surface area (Å²) in [4.78, 5) is 12.4. The van der Waals surface area contributed by atoms with Crippen LogP contribution in [-0.4, -0.2) is 25.8 Å². The van der Waals surface area contributed by atoms with Crippen molar-refractivity contribution in [3.63, 3.8) is 0 Å². The largest absolute Gasteiger partial charge is 0.493 e. The predicted octanol–water partition coefficient (Wildman–Crippen LogP) is 6.93. The van der Waals surface area contributed by atoms with Gasteiger partial charge in [-0.15, -0.1) is 0 Å². The third-order valence-corrected chi connectivity index (χ3v) is 5.91. The Kier molecular flexibility index (Phi) is 10.2. The third kappa shape index (κ3) is 7.49. The molecular weight excluding hydrogens is 448 g/mol. The van der Waals surface area contributed by atoms with Gasteiger partial charge < -0.3 is 9.47 Å². The molecule has 0 spiro atoms. The second-order valence-corrected chi connectivity index (χ2v) is 8.67. The molecule has 0 bridgehead atoms. The molecule has 0 fully saturated rings. The van der Waals surface area contributed by atoms with Crippen molar-refractivity contribution in [2.75, 3.05) is 13.7 Å². The number of benzene rings is 3. The van der Waals surface area contributed by atoms with Crippen molar-refractivity contribution in [2.45, 2.75) is 51.9 Å². The van der Waals surface area contributed by atoms with E-state index in [9.17, 15) is 4.79 Å². The van der Waals surface area contributed by atoms with Crippen molar-refractivity contribution in [2.24, 2.45) is 5.10 Å². The summed E-state index contributed by atoms with van der Waals surface area (Å²) in [5, 5.41) is 6.72. The molecule has 0 unspecified atom stereocenters. The van der Waals surface area contributed by atoms with Crippen LogP contribution in [0.25, 0.3) is 10.8 Å². The average molecular weight is 481 g/mol. The van der Waals surface area contributed by atoms with Crippen LogP contribution in [0.3, 0.4) is 0 Å². The maximum atomic E-state index is 12.4. The third-order valence-electron chi connectivity index (χ3n) is 5.63. The molecule has 6 heteroatoms. The highest BCUT2D eigenvalue weighted by Gasteiger charge is 2.12. The summed E-state index contributed by atoms with van der Waals surface area (Å²) in [5.41, 5.74) is 4.26. The molecule has 5 nitrogen and oxygen atoms in total. The summed E-state index contributed by atoms with van der Waals surface area (Å²) in [5.74, 6) is 0.890. The van der Waals surface area contributed by atoms with Crippen LogP contribution in [0.5, 0.6) is 11.5 Å². The summed E-state index contributed by atoms with van der Waals surface area (Å²) in [6.45, 7) is 2.81. The van der Waals surface area contributed by atoms with Gasteiger partial charge in [-0.2, -0.15) is 5.10 Å². The van der Waals surface area contributed by atoms with E-state index in [2.05, 4.69) is 17.5 Å². The highest BCUT2D eigenvalue weighted by atomic mass is 35.5. The molecule has 0 saturated carbocycles. The van der Waals surface area contributed by atoms with E-state index in [1.807, 2.05) is 42.5 Å². The monoisotopic (exact) mass is 480 g/mol. The van der Waals surface area contributed by atoms with Gasteiger partial charge in [-0.25, -0.2) is 5.43 Å². The number of hydrogen-bond acceptors (Lipinski definition) is 4. The van der Waals surface area contributed by atoms with Gasteiger partial charge in [0.25, 0.3) is 0 Å². The molecule has 0 heterocycles. The van der Waals surface area contributed by atoms with Gasteiger partial charge in [0.1, 0.15) is 0 Å². The summed E-state index contributed by atoms with van der Waals surface area (Å²) in [6.07, 6.45) is 8.94. The van der Waals surface area contributed by atoms with E-state index in [4.69, 9.17) is 21.1 Å². The van der Waals surface area contributed by atoms with Crippen molar-refractivity contribution in [1.82, 2.24) is 5.43 Å². The molecule has 34 heavy (non-hydrogen) atoms. The Morgan fingerprint density at radius 2 is 1.79 bits per heavy atom. The van der Waals surface area contributed by atoms with Gasteiger partial charge in [0.2, 0.25) is 5.91 Å². The van der Waals surface area contributed by atoms with Crippen molar-refractivity contribution >= 4 is 34.5 Å². The van der Waals surface area contributed by atoms with Gasteiger partial charge in [-0.3, -0.25) is 4.79 Å². The van der Waals surface area contributed by atoms with E-state index in [1.165, 1.54) is 25.7 Å². The molecule has 3 rings (SSSR count). The molecule has 0 atom stereocenters. The van der Waals surface area contributed by atoms with Gasteiger partial charge in [-0.1, -0.05) is 93.1 Å². The van der Waals surface area contributed by atoms with Gasteiger partial charge in [0, 0.05) is 0 Å². The molecule has 1 N–H and O–H groups in total. The Bertz CT molecular complexity index is 1110. The first kappa shape index (κ1) is 25.6. The lowest BCUT2D eigenvalue weighted by atomic mass is 10.0. The Balaban J connectivity index is 1.54. The number of nitrogens with one attached hydrogen (secondary N) is 1. The van der Waals surface area contributed by atoms with Crippen LogP contribution in [-0.2, 0) is 11.2 Å². The zero-order chi connectivity index (χ0) is 24.2. The number of hydrogen-bond donors (Lipinski definition) is 1. The Morgan fingerprint density at radius 1 is 1.03 bits per heavy atom. The second kappa shape index (κ2) is 13.6. The van der Waals surface area contributed by atoms with Gasteiger partial charge in [0.15, 0.2) is 11.5 Å². The second-order valence-electron chi connectivity index (χ2n) is 8.26. The molecule has 3 aromatic rings. The summed E-state index contributed by atoms with van der Waals surface area (Å²) >= 11 is 6.44. The van der Waals surface area contributed by atoms with Crippen molar-refractivity contribution in [3.05, 3.63) is 70.7 Å². The van der Waals surface area contributed by atoms with Crippen molar-refractivity contribution < 1.29 is 14.3 Å². The van der Waals surface area contributed by atoms with E-state index in [1.54, 1.807) is 25.5 Å². The van der Waals surface area contributed by atoms with E-state index in [-0.39, 0.29) is 12.3 Å². The number of ether oxygens (including phenoxy) is 2. The number of carbonyl (C=O) groups is 1. The van der Waals surface area contributed by atoms with Crippen LogP contribution >= 0.6 is 11.6 Å². The minimum Gasteiger partial charge on any atom is -0.493 e. The molecule has 180 valence electrons. The van der Waals surface area contributed by atoms with Gasteiger partial charge in [-0.05, 0) is 40.5 Å². The molecule has 1 amide bonds. The summed E-state index contributed by atoms with van der Waals surface area (Å²) in [7, 11) is 1.58. The number of hydrazone groups is 1. The lowest BCUT2D eigenvalue weighted by Crippen LogP contribution is -2.19. The van der Waals surface area contributed by atoms with E-state index < -0.39 is 0 Å². The Labute approximate surface area is 207 Å². The number of unbranched alkanes of at least 4 members (excludes halogenated alkanes) is 5. The Hall–Kier alpha value is -3.05. The number of fused-ring (bicyclic) bond motifs is 1. The first-order valence-corrected chi connectivity index (χ1v) is 12.3. The number of carbonyl (C=O) groups excluding carboxylic acids is 1. The minimum absolute atomic E-state index is 0.190. The van der Waals surface area contributed by atoms with Gasteiger partial charge >= 0.3 is 0 Å². The molecule has 0 aromatic heterocycles. The highest BCUT2D eigenvalue weighted by molar-refractivity contribution is 6.32. The quantitative estimate of drug-likeness (QED) is 0.164. The summed E-state index contributed by atoms with van der Waals surface area (Å²) in [6, 6.07) is 17.5. The standard InChI is InChI=1S/C28H33ClN2O3/c1-3-4-5-6-7-10-16-34-28-25(29)17-21(18-26(28)33-2)20-30-31-27(32)19-23-14-11-13-22-12-8-9-15-24(22)23/h8-9,11-15,17-18,20H,3-7,10,16,19H2,1-2H3,(H,31,32)/b30-20+. The van der Waals surface area contributed by atoms with E-state index in [0.717, 1.165) is 29.2 Å². The zero-order valence-corrected chi connectivity index (χ0v) is 20.7. The fourth-order valence-corrected chi connectivity index (χ4v) is 4.12. The maximum Gasteiger partial charge on any atom is 0.244 e. The first-order valence-electron chi connectivity index (χ1n) is 11.9. The van der Waals surface area contributed by atoms with E-state index in [0.29, 0.717) is 28.7 Å². The fourth-order valence-electron chi connectivity index (χ4n) is 3.85. The van der Waals surface area contributed by atoms with Crippen molar-refractivity contribution in [3.8, 4) is 11.5 Å². The van der Waals surface area contributed by atoms with Crippen LogP contribution < -0.4 is 14.9 Å². The number of halogens is 1. The zero-order valence-electron chi connectivity index (χ0n) is 20.0. The smallest absolute Gasteiger partial charge is 0.244 e. The molecule has 0 radical (unpaired) electrons. The topological polar surface area (TPSA) is 59.9 Å². The molecule has 0 aliphatic rings. The molecule has 0 aliphatic heterocycles. The number of nitrogens with zero attached hydrogens (tertiary/aromatic N) is 1. The SMILES string of the molecule is CCCCCCCCOc1c(Cl)cc(/C=N/NC(=O)Cc2cccc3ccccc23)cc1OC. The van der Waals surface area contributed by atoms with Crippen LogP contribution in [0.4, 0.5) is 0 Å². The van der Waals surface area contributed by atoms with Crippen LogP contribution in [0.15, 0.2) is 59.7 Å². The molecule has 3 aromatic carbocycles. The maximum absolute atomic E-state index is 12.4. The van der Waals surface area contributed by atoms with E-state index >= 15 is 0 Å². The fraction of sp³-hybridized carbons (Fsp3) is 0.357. The number of methoxy groups -OCH3 is 1. The molecular formula is C28H33ClN2O3. The first-order chi connectivity index (χ1) is 16.6. The summed E-state index contributed by atoms with van der Waals surface area (Å²) < 4.78 is 11.4. The number of rotatable bonds is 13. The highest BCUT2D eigenvalue weighted by Crippen LogP contribution is 2.36.